The number of aryl methyl sites for hydroxylation is 3. The van der Waals surface area contributed by atoms with Gasteiger partial charge in [-0.05, 0) is 41.1 Å². The summed E-state index contributed by atoms with van der Waals surface area (Å²) in [6, 6.07) is 1.99. The summed E-state index contributed by atoms with van der Waals surface area (Å²) in [6.45, 7) is 2.81. The first-order chi connectivity index (χ1) is 9.13. The smallest absolute Gasteiger partial charge is 0.179 e. The molecule has 19 heavy (non-hydrogen) atoms. The Hall–Kier alpha value is -1.05. The van der Waals surface area contributed by atoms with Gasteiger partial charge in [0.05, 0.1) is 16.2 Å². The molecule has 0 atom stereocenters. The van der Waals surface area contributed by atoms with Crippen molar-refractivity contribution in [1.29, 1.82) is 0 Å². The number of imidazole rings is 1. The molecule has 0 saturated heterocycles. The molecule has 0 fully saturated rings. The number of hydrogen-bond donors (Lipinski definition) is 1. The first-order valence-electron chi connectivity index (χ1n) is 5.78. The number of pyridine rings is 1. The second kappa shape index (κ2) is 5.15. The Morgan fingerprint density at radius 1 is 1.53 bits per heavy atom. The van der Waals surface area contributed by atoms with Gasteiger partial charge in [0.25, 0.3) is 0 Å². The van der Waals surface area contributed by atoms with E-state index in [9.17, 15) is 0 Å². The predicted octanol–water partition coefficient (Wildman–Crippen LogP) is 3.86. The van der Waals surface area contributed by atoms with Crippen LogP contribution in [0.3, 0.4) is 0 Å². The molecule has 0 radical (unpaired) electrons. The third kappa shape index (κ3) is 2.63. The summed E-state index contributed by atoms with van der Waals surface area (Å²) in [5.41, 5.74) is 2.95. The molecule has 0 spiro atoms. The Bertz CT molecular complexity index is 786. The summed E-state index contributed by atoms with van der Waals surface area (Å²) in [5.74, 6) is 0. The molecule has 0 aliphatic heterocycles. The molecule has 3 heterocycles. The number of thiazole rings is 1. The first-order valence-corrected chi connectivity index (χ1v) is 7.86. The van der Waals surface area contributed by atoms with Crippen molar-refractivity contribution in [2.75, 3.05) is 0 Å². The molecule has 7 heteroatoms. The van der Waals surface area contributed by atoms with E-state index in [0.717, 1.165) is 39.3 Å². The van der Waals surface area contributed by atoms with E-state index < -0.39 is 0 Å². The van der Waals surface area contributed by atoms with Gasteiger partial charge in [-0.1, -0.05) is 0 Å². The monoisotopic (exact) mass is 354 g/mol. The molecular weight excluding hydrogens is 344 g/mol. The summed E-state index contributed by atoms with van der Waals surface area (Å²) in [5, 5.41) is 3.19. The maximum Gasteiger partial charge on any atom is 0.179 e. The van der Waals surface area contributed by atoms with Crippen molar-refractivity contribution >= 4 is 50.6 Å². The summed E-state index contributed by atoms with van der Waals surface area (Å²) >= 11 is 10.4. The molecule has 0 aliphatic carbocycles. The zero-order valence-corrected chi connectivity index (χ0v) is 13.4. The van der Waals surface area contributed by atoms with Crippen molar-refractivity contribution in [3.05, 3.63) is 37.6 Å². The van der Waals surface area contributed by atoms with Gasteiger partial charge in [0.1, 0.15) is 0 Å². The fourth-order valence-electron chi connectivity index (χ4n) is 1.97. The molecule has 1 N–H and O–H groups in total. The number of nitrogens with one attached hydrogen (secondary N) is 1. The van der Waals surface area contributed by atoms with Crippen LogP contribution >= 0.6 is 39.5 Å². The number of fused-ring (bicyclic) bond motifs is 1. The number of aromatic amines is 1. The number of rotatable bonds is 3. The number of aromatic nitrogens is 4. The standard InChI is InChI=1S/C12H11BrN4S2/c1-7-15-9(6-19-7)2-3-17-11-10(16-12(17)18)4-8(13)5-14-11/h4-6H,2-3H2,1H3,(H,16,18). The maximum absolute atomic E-state index is 5.35. The maximum atomic E-state index is 5.35. The van der Waals surface area contributed by atoms with Crippen LogP contribution in [0.25, 0.3) is 11.2 Å². The largest absolute Gasteiger partial charge is 0.329 e. The zero-order chi connectivity index (χ0) is 13.4. The second-order valence-electron chi connectivity index (χ2n) is 4.21. The van der Waals surface area contributed by atoms with E-state index in [4.69, 9.17) is 12.2 Å². The van der Waals surface area contributed by atoms with Crippen molar-refractivity contribution in [3.8, 4) is 0 Å². The van der Waals surface area contributed by atoms with Crippen molar-refractivity contribution < 1.29 is 0 Å². The average molecular weight is 355 g/mol. The molecule has 0 amide bonds. The van der Waals surface area contributed by atoms with Gasteiger partial charge in [-0.15, -0.1) is 11.3 Å². The summed E-state index contributed by atoms with van der Waals surface area (Å²) < 4.78 is 3.66. The highest BCUT2D eigenvalue weighted by atomic mass is 79.9. The minimum Gasteiger partial charge on any atom is -0.329 e. The van der Waals surface area contributed by atoms with Crippen LogP contribution in [0, 0.1) is 11.7 Å². The van der Waals surface area contributed by atoms with Crippen LogP contribution in [-0.2, 0) is 13.0 Å². The van der Waals surface area contributed by atoms with Crippen LogP contribution in [0.4, 0.5) is 0 Å². The Kier molecular flexibility index (Phi) is 3.51. The lowest BCUT2D eigenvalue weighted by atomic mass is 10.3. The molecule has 3 rings (SSSR count). The molecule has 0 saturated carbocycles. The highest BCUT2D eigenvalue weighted by Crippen LogP contribution is 2.17. The Labute approximate surface area is 127 Å². The van der Waals surface area contributed by atoms with Crippen LogP contribution in [0.15, 0.2) is 22.1 Å². The predicted molar refractivity (Wildman–Crippen MR) is 83.2 cm³/mol. The minimum absolute atomic E-state index is 0.701. The van der Waals surface area contributed by atoms with Crippen LogP contribution in [-0.4, -0.2) is 19.5 Å². The molecule has 4 nitrogen and oxygen atoms in total. The van der Waals surface area contributed by atoms with Crippen molar-refractivity contribution in [3.63, 3.8) is 0 Å². The average Bonchev–Trinajstić information content (AvgIpc) is 2.89. The summed E-state index contributed by atoms with van der Waals surface area (Å²) in [7, 11) is 0. The lowest BCUT2D eigenvalue weighted by molar-refractivity contribution is 0.691. The number of halogens is 1. The van der Waals surface area contributed by atoms with Gasteiger partial charge in [-0.3, -0.25) is 0 Å². The van der Waals surface area contributed by atoms with E-state index >= 15 is 0 Å². The molecule has 3 aromatic rings. The number of H-pyrrole nitrogens is 1. The quantitative estimate of drug-likeness (QED) is 0.726. The molecule has 0 aliphatic rings. The van der Waals surface area contributed by atoms with Crippen LogP contribution < -0.4 is 0 Å². The number of hydrogen-bond acceptors (Lipinski definition) is 4. The molecule has 3 aromatic heterocycles. The topological polar surface area (TPSA) is 46.5 Å². The fraction of sp³-hybridized carbons (Fsp3) is 0.250. The summed E-state index contributed by atoms with van der Waals surface area (Å²) in [4.78, 5) is 12.1. The van der Waals surface area contributed by atoms with Crippen molar-refractivity contribution in [2.45, 2.75) is 19.9 Å². The number of nitrogens with zero attached hydrogens (tertiary/aromatic N) is 3. The highest BCUT2D eigenvalue weighted by molar-refractivity contribution is 9.10. The lowest BCUT2D eigenvalue weighted by Gasteiger charge is -2.02. The van der Waals surface area contributed by atoms with E-state index in [0.29, 0.717) is 4.77 Å². The lowest BCUT2D eigenvalue weighted by Crippen LogP contribution is -2.02. The summed E-state index contributed by atoms with van der Waals surface area (Å²) in [6.07, 6.45) is 2.65. The van der Waals surface area contributed by atoms with Gasteiger partial charge in [0, 0.05) is 29.0 Å². The SMILES string of the molecule is Cc1nc(CCn2c(=S)[nH]c3cc(Br)cnc32)cs1. The molecule has 0 bridgehead atoms. The van der Waals surface area contributed by atoms with E-state index in [2.05, 4.69) is 36.3 Å². The van der Waals surface area contributed by atoms with Crippen molar-refractivity contribution in [1.82, 2.24) is 19.5 Å². The Morgan fingerprint density at radius 3 is 3.11 bits per heavy atom. The minimum atomic E-state index is 0.701. The molecule has 98 valence electrons. The Morgan fingerprint density at radius 2 is 2.37 bits per heavy atom. The van der Waals surface area contributed by atoms with Crippen molar-refractivity contribution in [2.24, 2.45) is 0 Å². The molecule has 0 aromatic carbocycles. The van der Waals surface area contributed by atoms with E-state index in [1.165, 1.54) is 0 Å². The van der Waals surface area contributed by atoms with Gasteiger partial charge < -0.3 is 9.55 Å². The van der Waals surface area contributed by atoms with Gasteiger partial charge in [-0.2, -0.15) is 0 Å². The zero-order valence-electron chi connectivity index (χ0n) is 10.2. The van der Waals surface area contributed by atoms with Gasteiger partial charge in [0.15, 0.2) is 10.4 Å². The Balaban J connectivity index is 1.92. The molecular formula is C12H11BrN4S2. The first kappa shape index (κ1) is 13.0. The highest BCUT2D eigenvalue weighted by Gasteiger charge is 2.07. The molecule has 0 unspecified atom stereocenters. The fourth-order valence-corrected chi connectivity index (χ4v) is 3.24. The third-order valence-corrected chi connectivity index (χ3v) is 4.41. The van der Waals surface area contributed by atoms with E-state index in [-0.39, 0.29) is 0 Å². The normalized spacial score (nSPS) is 11.3. The van der Waals surface area contributed by atoms with Crippen LogP contribution in [0.1, 0.15) is 10.7 Å². The van der Waals surface area contributed by atoms with E-state index in [1.807, 2.05) is 17.6 Å². The van der Waals surface area contributed by atoms with Gasteiger partial charge in [0.2, 0.25) is 0 Å². The van der Waals surface area contributed by atoms with Gasteiger partial charge in [-0.25, -0.2) is 9.97 Å². The second-order valence-corrected chi connectivity index (χ2v) is 6.58. The third-order valence-electron chi connectivity index (χ3n) is 2.83. The van der Waals surface area contributed by atoms with E-state index in [1.54, 1.807) is 17.5 Å². The van der Waals surface area contributed by atoms with Crippen LogP contribution in [0.2, 0.25) is 0 Å². The van der Waals surface area contributed by atoms with Gasteiger partial charge >= 0.3 is 0 Å². The van der Waals surface area contributed by atoms with Crippen LogP contribution in [0.5, 0.6) is 0 Å².